The molecule has 4 aliphatic rings. The molecule has 3 atom stereocenters. The fraction of sp³-hybridized carbons (Fsp3) is 0.550. The molecule has 0 spiro atoms. The largest absolute Gasteiger partial charge is 0.453 e. The van der Waals surface area contributed by atoms with E-state index in [0.717, 1.165) is 25.3 Å². The number of nitrogens with zero attached hydrogens (tertiary/aromatic N) is 1. The van der Waals surface area contributed by atoms with Gasteiger partial charge in [0.1, 0.15) is 16.6 Å². The molecule has 4 fully saturated rings. The number of non-ortho nitro benzene ring substituents is 1. The summed E-state index contributed by atoms with van der Waals surface area (Å²) in [6, 6.07) is 4.78. The maximum atomic E-state index is 13.0. The number of ether oxygens (including phenoxy) is 1. The number of carbonyl (C=O) groups is 1. The van der Waals surface area contributed by atoms with Crippen molar-refractivity contribution in [1.29, 1.82) is 0 Å². The average Bonchev–Trinajstić information content (AvgIpc) is 2.64. The molecule has 4 aliphatic carbocycles. The Bertz CT molecular complexity index is 972. The molecule has 4 bridgehead atoms. The predicted octanol–water partition coefficient (Wildman–Crippen LogP) is 3.37. The molecule has 8 nitrogen and oxygen atoms in total. The molecule has 0 aromatic heterocycles. The lowest BCUT2D eigenvalue weighted by Gasteiger charge is -2.59. The number of benzene rings is 1. The summed E-state index contributed by atoms with van der Waals surface area (Å²) in [5.74, 6) is 0.178. The van der Waals surface area contributed by atoms with E-state index < -0.39 is 32.7 Å². The minimum Gasteiger partial charge on any atom is -0.453 e. The van der Waals surface area contributed by atoms with Crippen molar-refractivity contribution in [3.8, 4) is 0 Å². The van der Waals surface area contributed by atoms with Crippen molar-refractivity contribution in [3.63, 3.8) is 0 Å². The number of hydrogen-bond donors (Lipinski definition) is 0. The van der Waals surface area contributed by atoms with E-state index >= 15 is 0 Å². The lowest BCUT2D eigenvalue weighted by atomic mass is 9.53. The molecule has 0 amide bonds. The van der Waals surface area contributed by atoms with Crippen LogP contribution in [0.3, 0.4) is 0 Å². The van der Waals surface area contributed by atoms with Crippen molar-refractivity contribution in [2.24, 2.45) is 17.8 Å². The normalized spacial score (nSPS) is 32.7. The van der Waals surface area contributed by atoms with Crippen LogP contribution in [-0.4, -0.2) is 31.0 Å². The van der Waals surface area contributed by atoms with Gasteiger partial charge in [-0.25, -0.2) is 4.79 Å². The van der Waals surface area contributed by atoms with Crippen LogP contribution in [0.15, 0.2) is 41.3 Å². The number of nitro groups is 1. The first kappa shape index (κ1) is 20.0. The first-order chi connectivity index (χ1) is 13.6. The molecule has 1 aromatic carbocycles. The maximum absolute atomic E-state index is 13.0. The minimum atomic E-state index is -4.27. The molecule has 0 saturated heterocycles. The van der Waals surface area contributed by atoms with Crippen molar-refractivity contribution < 1.29 is 27.1 Å². The number of carbonyl (C=O) groups excluding carboxylic acids is 1. The summed E-state index contributed by atoms with van der Waals surface area (Å²) in [6.07, 6.45) is 3.05. The molecule has 0 heterocycles. The van der Waals surface area contributed by atoms with E-state index in [0.29, 0.717) is 24.7 Å². The molecule has 9 heteroatoms. The topological polar surface area (TPSA) is 113 Å². The summed E-state index contributed by atoms with van der Waals surface area (Å²) < 4.78 is 37.4. The lowest BCUT2D eigenvalue weighted by Crippen LogP contribution is -2.63. The third kappa shape index (κ3) is 3.57. The van der Waals surface area contributed by atoms with Crippen molar-refractivity contribution >= 4 is 21.8 Å². The van der Waals surface area contributed by atoms with Gasteiger partial charge < -0.3 is 4.74 Å². The highest BCUT2D eigenvalue weighted by Gasteiger charge is 2.61. The fourth-order valence-corrected chi connectivity index (χ4v) is 6.67. The van der Waals surface area contributed by atoms with Gasteiger partial charge in [-0.2, -0.15) is 8.42 Å². The van der Waals surface area contributed by atoms with Crippen molar-refractivity contribution in [2.45, 2.75) is 55.6 Å². The highest BCUT2D eigenvalue weighted by Crippen LogP contribution is 2.58. The van der Waals surface area contributed by atoms with Gasteiger partial charge in [0.05, 0.1) is 4.92 Å². The van der Waals surface area contributed by atoms with E-state index in [4.69, 9.17) is 8.92 Å². The lowest BCUT2D eigenvalue weighted by molar-refractivity contribution is -0.385. The average molecular weight is 421 g/mol. The number of hydrogen-bond acceptors (Lipinski definition) is 7. The Morgan fingerprint density at radius 1 is 1.24 bits per heavy atom. The van der Waals surface area contributed by atoms with E-state index in [1.165, 1.54) is 18.2 Å². The second-order valence-electron chi connectivity index (χ2n) is 8.57. The van der Waals surface area contributed by atoms with Crippen LogP contribution < -0.4 is 0 Å². The molecular formula is C20H23NO7S. The highest BCUT2D eigenvalue weighted by atomic mass is 32.2. The third-order valence-corrected chi connectivity index (χ3v) is 7.64. The molecule has 4 saturated carbocycles. The van der Waals surface area contributed by atoms with Crippen molar-refractivity contribution in [3.05, 3.63) is 46.5 Å². The quantitative estimate of drug-likeness (QED) is 0.227. The Morgan fingerprint density at radius 2 is 1.90 bits per heavy atom. The summed E-state index contributed by atoms with van der Waals surface area (Å²) in [4.78, 5) is 22.4. The third-order valence-electron chi connectivity index (χ3n) is 6.35. The molecule has 5 rings (SSSR count). The van der Waals surface area contributed by atoms with Gasteiger partial charge in [0.15, 0.2) is 0 Å². The van der Waals surface area contributed by atoms with Crippen LogP contribution in [0.5, 0.6) is 0 Å². The molecule has 156 valence electrons. The Labute approximate surface area is 169 Å². The molecular weight excluding hydrogens is 398 g/mol. The van der Waals surface area contributed by atoms with Crippen LogP contribution in [0, 0.1) is 27.9 Å². The number of rotatable bonds is 6. The van der Waals surface area contributed by atoms with Gasteiger partial charge in [0, 0.05) is 17.7 Å². The van der Waals surface area contributed by atoms with E-state index in [9.17, 15) is 23.3 Å². The van der Waals surface area contributed by atoms with E-state index in [-0.39, 0.29) is 22.1 Å². The Kier molecular flexibility index (Phi) is 4.77. The zero-order valence-electron chi connectivity index (χ0n) is 16.1. The monoisotopic (exact) mass is 421 g/mol. The summed E-state index contributed by atoms with van der Waals surface area (Å²) in [6.45, 7) is 5.18. The van der Waals surface area contributed by atoms with Gasteiger partial charge in [-0.1, -0.05) is 12.6 Å². The Hall–Kier alpha value is -2.26. The summed E-state index contributed by atoms with van der Waals surface area (Å²) >= 11 is 0. The zero-order chi connectivity index (χ0) is 21.0. The summed E-state index contributed by atoms with van der Waals surface area (Å²) in [5.41, 5.74) is -1.08. The summed E-state index contributed by atoms with van der Waals surface area (Å²) in [5, 5.41) is 11.0. The van der Waals surface area contributed by atoms with Crippen LogP contribution in [-0.2, 0) is 23.8 Å². The highest BCUT2D eigenvalue weighted by molar-refractivity contribution is 7.86. The summed E-state index contributed by atoms with van der Waals surface area (Å²) in [7, 11) is -4.27. The SMILES string of the molecule is C=C(C)C(=O)OC12CC3CC(CC(C3)C1OS(=O)(=O)c1cccc([N+](=O)[O-])c1)C2. The van der Waals surface area contributed by atoms with Crippen molar-refractivity contribution in [1.82, 2.24) is 0 Å². The molecule has 29 heavy (non-hydrogen) atoms. The number of nitro benzene ring substituents is 1. The fourth-order valence-electron chi connectivity index (χ4n) is 5.44. The maximum Gasteiger partial charge on any atom is 0.333 e. The van der Waals surface area contributed by atoms with Gasteiger partial charge in [-0.3, -0.25) is 14.3 Å². The first-order valence-electron chi connectivity index (χ1n) is 9.66. The van der Waals surface area contributed by atoms with Crippen LogP contribution in [0.25, 0.3) is 0 Å². The van der Waals surface area contributed by atoms with E-state index in [1.807, 2.05) is 0 Å². The molecule has 1 aromatic rings. The second kappa shape index (κ2) is 6.91. The Balaban J connectivity index is 1.67. The van der Waals surface area contributed by atoms with E-state index in [2.05, 4.69) is 6.58 Å². The molecule has 0 N–H and O–H groups in total. The molecule has 0 radical (unpaired) electrons. The van der Waals surface area contributed by atoms with E-state index in [1.54, 1.807) is 6.92 Å². The van der Waals surface area contributed by atoms with Crippen LogP contribution in [0.1, 0.15) is 39.0 Å². The van der Waals surface area contributed by atoms with Gasteiger partial charge in [-0.15, -0.1) is 0 Å². The van der Waals surface area contributed by atoms with Crippen LogP contribution in [0.2, 0.25) is 0 Å². The zero-order valence-corrected chi connectivity index (χ0v) is 16.9. The predicted molar refractivity (Wildman–Crippen MR) is 102 cm³/mol. The van der Waals surface area contributed by atoms with Gasteiger partial charge in [0.25, 0.3) is 15.8 Å². The standard InChI is InChI=1S/C20H23NO7S/c1-12(2)19(22)27-20-10-13-6-14(11-20)8-15(7-13)18(20)28-29(25,26)17-5-3-4-16(9-17)21(23)24/h3-5,9,13-15,18H,1,6-8,10-11H2,2H3. The molecule has 3 unspecified atom stereocenters. The van der Waals surface area contributed by atoms with Gasteiger partial charge in [-0.05, 0) is 62.8 Å². The minimum absolute atomic E-state index is 0.0346. The van der Waals surface area contributed by atoms with Crippen LogP contribution >= 0.6 is 0 Å². The van der Waals surface area contributed by atoms with Gasteiger partial charge in [0.2, 0.25) is 0 Å². The Morgan fingerprint density at radius 3 is 2.48 bits per heavy atom. The smallest absolute Gasteiger partial charge is 0.333 e. The molecule has 0 aliphatic heterocycles. The first-order valence-corrected chi connectivity index (χ1v) is 11.1. The van der Waals surface area contributed by atoms with Crippen molar-refractivity contribution in [2.75, 3.05) is 0 Å². The second-order valence-corrected chi connectivity index (χ2v) is 10.1. The van der Waals surface area contributed by atoms with Gasteiger partial charge >= 0.3 is 5.97 Å². The van der Waals surface area contributed by atoms with Crippen LogP contribution in [0.4, 0.5) is 5.69 Å². The number of esters is 1.